The summed E-state index contributed by atoms with van der Waals surface area (Å²) in [5, 5.41) is 0. The number of nitrogens with zero attached hydrogens (tertiary/aromatic N) is 1. The van der Waals surface area contributed by atoms with Crippen molar-refractivity contribution in [2.45, 2.75) is 25.7 Å². The van der Waals surface area contributed by atoms with Crippen molar-refractivity contribution >= 4 is 0 Å². The van der Waals surface area contributed by atoms with Crippen LogP contribution in [0, 0.1) is 5.92 Å². The molecule has 0 bridgehead atoms. The lowest BCUT2D eigenvalue weighted by molar-refractivity contribution is 0.345. The van der Waals surface area contributed by atoms with Gasteiger partial charge in [0.2, 0.25) is 0 Å². The van der Waals surface area contributed by atoms with E-state index in [2.05, 4.69) is 19.0 Å². The fraction of sp³-hybridized carbons (Fsp3) is 0.800. The van der Waals surface area contributed by atoms with Crippen LogP contribution >= 0.6 is 0 Å². The molecule has 0 aliphatic heterocycles. The maximum absolute atomic E-state index is 2.32. The Kier molecular flexibility index (Phi) is 1.76. The topological polar surface area (TPSA) is 3.24 Å². The van der Waals surface area contributed by atoms with E-state index in [1.807, 2.05) is 5.57 Å². The molecule has 0 aromatic rings. The third-order valence-electron chi connectivity index (χ3n) is 3.02. The van der Waals surface area contributed by atoms with Gasteiger partial charge < -0.3 is 4.90 Å². The highest BCUT2D eigenvalue weighted by Gasteiger charge is 2.30. The summed E-state index contributed by atoms with van der Waals surface area (Å²) < 4.78 is 0. The van der Waals surface area contributed by atoms with Gasteiger partial charge in [0.1, 0.15) is 0 Å². The Morgan fingerprint density at radius 3 is 2.55 bits per heavy atom. The summed E-state index contributed by atoms with van der Waals surface area (Å²) in [7, 11) is 4.36. The lowest BCUT2D eigenvalue weighted by atomic mass is 9.86. The SMILES string of the molecule is CN(C)C[C@H]1CCC2=C1CC2. The minimum Gasteiger partial charge on any atom is -0.309 e. The van der Waals surface area contributed by atoms with Crippen LogP contribution in [0.5, 0.6) is 0 Å². The summed E-state index contributed by atoms with van der Waals surface area (Å²) in [6.45, 7) is 1.28. The molecule has 0 saturated heterocycles. The molecule has 2 aliphatic carbocycles. The van der Waals surface area contributed by atoms with Gasteiger partial charge in [-0.15, -0.1) is 0 Å². The van der Waals surface area contributed by atoms with E-state index in [1.165, 1.54) is 32.2 Å². The van der Waals surface area contributed by atoms with Crippen LogP contribution in [-0.2, 0) is 0 Å². The van der Waals surface area contributed by atoms with E-state index < -0.39 is 0 Å². The molecule has 11 heavy (non-hydrogen) atoms. The Morgan fingerprint density at radius 2 is 2.09 bits per heavy atom. The molecule has 0 N–H and O–H groups in total. The molecule has 0 amide bonds. The minimum atomic E-state index is 0.925. The highest BCUT2D eigenvalue weighted by Crippen LogP contribution is 2.44. The van der Waals surface area contributed by atoms with E-state index >= 15 is 0 Å². The number of hydrogen-bond donors (Lipinski definition) is 0. The van der Waals surface area contributed by atoms with Crippen molar-refractivity contribution in [1.82, 2.24) is 4.90 Å². The molecule has 0 spiro atoms. The van der Waals surface area contributed by atoms with Crippen molar-refractivity contribution in [2.24, 2.45) is 5.92 Å². The standard InChI is InChI=1S/C10H17N/c1-11(2)7-9-4-3-8-5-6-10(8)9/h9H,3-7H2,1-2H3/t9-/m1/s1. The predicted octanol–water partition coefficient (Wildman–Crippen LogP) is 2.05. The zero-order chi connectivity index (χ0) is 7.84. The van der Waals surface area contributed by atoms with Crippen LogP contribution in [0.4, 0.5) is 0 Å². The van der Waals surface area contributed by atoms with Gasteiger partial charge in [-0.3, -0.25) is 0 Å². The Bertz CT molecular complexity index is 191. The van der Waals surface area contributed by atoms with Gasteiger partial charge in [-0.2, -0.15) is 0 Å². The van der Waals surface area contributed by atoms with Gasteiger partial charge in [0.05, 0.1) is 0 Å². The molecule has 0 aromatic heterocycles. The molecule has 0 saturated carbocycles. The van der Waals surface area contributed by atoms with E-state index in [0.29, 0.717) is 0 Å². The Balaban J connectivity index is 1.96. The van der Waals surface area contributed by atoms with Gasteiger partial charge in [0.25, 0.3) is 0 Å². The second-order valence-corrected chi connectivity index (χ2v) is 4.13. The zero-order valence-corrected chi connectivity index (χ0v) is 7.56. The normalized spacial score (nSPS) is 29.2. The summed E-state index contributed by atoms with van der Waals surface area (Å²) in [5.74, 6) is 0.925. The van der Waals surface area contributed by atoms with Gasteiger partial charge in [0.15, 0.2) is 0 Å². The molecule has 2 aliphatic rings. The average molecular weight is 151 g/mol. The first-order chi connectivity index (χ1) is 5.27. The Labute approximate surface area is 69.1 Å². The van der Waals surface area contributed by atoms with Gasteiger partial charge >= 0.3 is 0 Å². The van der Waals surface area contributed by atoms with E-state index in [1.54, 1.807) is 5.57 Å². The highest BCUT2D eigenvalue weighted by molar-refractivity contribution is 5.31. The highest BCUT2D eigenvalue weighted by atomic mass is 15.1. The van der Waals surface area contributed by atoms with Crippen LogP contribution in [0.15, 0.2) is 11.1 Å². The van der Waals surface area contributed by atoms with Crippen molar-refractivity contribution in [3.8, 4) is 0 Å². The van der Waals surface area contributed by atoms with Gasteiger partial charge in [0, 0.05) is 6.54 Å². The molecule has 0 radical (unpaired) electrons. The average Bonchev–Trinajstić information content (AvgIpc) is 2.05. The predicted molar refractivity (Wildman–Crippen MR) is 47.5 cm³/mol. The molecule has 0 fully saturated rings. The summed E-state index contributed by atoms with van der Waals surface area (Å²) in [4.78, 5) is 2.32. The van der Waals surface area contributed by atoms with E-state index in [-0.39, 0.29) is 0 Å². The summed E-state index contributed by atoms with van der Waals surface area (Å²) in [5.41, 5.74) is 3.62. The lowest BCUT2D eigenvalue weighted by Crippen LogP contribution is -2.22. The van der Waals surface area contributed by atoms with E-state index in [4.69, 9.17) is 0 Å². The molecule has 1 atom stereocenters. The molecule has 0 heterocycles. The smallest absolute Gasteiger partial charge is 0.00411 e. The molecule has 62 valence electrons. The van der Waals surface area contributed by atoms with Crippen molar-refractivity contribution in [1.29, 1.82) is 0 Å². The summed E-state index contributed by atoms with van der Waals surface area (Å²) in [6.07, 6.45) is 5.67. The molecule has 2 rings (SSSR count). The van der Waals surface area contributed by atoms with Crippen LogP contribution in [0.1, 0.15) is 25.7 Å². The van der Waals surface area contributed by atoms with Crippen molar-refractivity contribution < 1.29 is 0 Å². The Hall–Kier alpha value is -0.300. The maximum Gasteiger partial charge on any atom is 0.00411 e. The summed E-state index contributed by atoms with van der Waals surface area (Å²) >= 11 is 0. The first-order valence-electron chi connectivity index (χ1n) is 4.63. The fourth-order valence-electron chi connectivity index (χ4n) is 2.39. The van der Waals surface area contributed by atoms with Gasteiger partial charge in [-0.05, 0) is 45.7 Å². The fourth-order valence-corrected chi connectivity index (χ4v) is 2.39. The maximum atomic E-state index is 2.32. The second kappa shape index (κ2) is 2.63. The van der Waals surface area contributed by atoms with Crippen LogP contribution < -0.4 is 0 Å². The van der Waals surface area contributed by atoms with Crippen LogP contribution in [0.3, 0.4) is 0 Å². The van der Waals surface area contributed by atoms with Crippen LogP contribution in [0.25, 0.3) is 0 Å². The van der Waals surface area contributed by atoms with Crippen LogP contribution in [0.2, 0.25) is 0 Å². The minimum absolute atomic E-state index is 0.925. The number of rotatable bonds is 2. The van der Waals surface area contributed by atoms with Crippen LogP contribution in [-0.4, -0.2) is 25.5 Å². The molecule has 1 nitrogen and oxygen atoms in total. The first-order valence-corrected chi connectivity index (χ1v) is 4.63. The number of allylic oxidation sites excluding steroid dienone is 1. The van der Waals surface area contributed by atoms with E-state index in [0.717, 1.165) is 5.92 Å². The third kappa shape index (κ3) is 1.22. The van der Waals surface area contributed by atoms with Gasteiger partial charge in [-0.1, -0.05) is 11.1 Å². The zero-order valence-electron chi connectivity index (χ0n) is 7.56. The first kappa shape index (κ1) is 7.35. The molecular formula is C10H17N. The Morgan fingerprint density at radius 1 is 1.27 bits per heavy atom. The molecule has 1 heteroatoms. The van der Waals surface area contributed by atoms with Gasteiger partial charge in [-0.25, -0.2) is 0 Å². The second-order valence-electron chi connectivity index (χ2n) is 4.13. The largest absolute Gasteiger partial charge is 0.309 e. The quantitative estimate of drug-likeness (QED) is 0.546. The third-order valence-corrected chi connectivity index (χ3v) is 3.02. The molecule has 0 unspecified atom stereocenters. The van der Waals surface area contributed by atoms with Crippen molar-refractivity contribution in [3.05, 3.63) is 11.1 Å². The lowest BCUT2D eigenvalue weighted by Gasteiger charge is -2.24. The summed E-state index contributed by atoms with van der Waals surface area (Å²) in [6, 6.07) is 0. The van der Waals surface area contributed by atoms with E-state index in [9.17, 15) is 0 Å². The van der Waals surface area contributed by atoms with Crippen molar-refractivity contribution in [2.75, 3.05) is 20.6 Å². The monoisotopic (exact) mass is 151 g/mol. The molecular weight excluding hydrogens is 134 g/mol. The van der Waals surface area contributed by atoms with Crippen molar-refractivity contribution in [3.63, 3.8) is 0 Å². The molecule has 0 aromatic carbocycles. The number of hydrogen-bond acceptors (Lipinski definition) is 1.